The molecule has 6 nitrogen and oxygen atoms in total. The third kappa shape index (κ3) is 6.52. The number of aryl methyl sites for hydroxylation is 1. The van der Waals surface area contributed by atoms with Gasteiger partial charge in [0, 0.05) is 10.8 Å². The highest BCUT2D eigenvalue weighted by molar-refractivity contribution is 7.98. The molecule has 0 saturated heterocycles. The Morgan fingerprint density at radius 1 is 1.16 bits per heavy atom. The predicted molar refractivity (Wildman–Crippen MR) is 123 cm³/mol. The van der Waals surface area contributed by atoms with E-state index < -0.39 is 10.0 Å². The van der Waals surface area contributed by atoms with E-state index in [-0.39, 0.29) is 18.1 Å². The Balaban J connectivity index is 1.90. The molecule has 0 aliphatic heterocycles. The monoisotopic (exact) mass is 482 g/mol. The van der Waals surface area contributed by atoms with Gasteiger partial charge in [0.05, 0.1) is 18.0 Å². The van der Waals surface area contributed by atoms with E-state index in [1.54, 1.807) is 24.3 Å². The maximum atomic E-state index is 13.2. The molecule has 31 heavy (non-hydrogen) atoms. The summed E-state index contributed by atoms with van der Waals surface area (Å²) in [6, 6.07) is 11.8. The lowest BCUT2D eigenvalue weighted by molar-refractivity contribution is 0.575. The van der Waals surface area contributed by atoms with Crippen LogP contribution >= 0.6 is 23.4 Å². The van der Waals surface area contributed by atoms with Crippen molar-refractivity contribution in [3.8, 4) is 5.69 Å². The minimum absolute atomic E-state index is 0.0160. The smallest absolute Gasteiger partial charge is 0.212 e. The molecule has 0 aliphatic carbocycles. The fourth-order valence-corrected chi connectivity index (χ4v) is 5.13. The first kappa shape index (κ1) is 23.7. The van der Waals surface area contributed by atoms with E-state index in [9.17, 15) is 12.8 Å². The highest BCUT2D eigenvalue weighted by atomic mass is 35.5. The number of aromatic nitrogens is 3. The van der Waals surface area contributed by atoms with Gasteiger partial charge in [-0.25, -0.2) is 17.5 Å². The fourth-order valence-electron chi connectivity index (χ4n) is 2.88. The number of hydrogen-bond donors (Lipinski definition) is 1. The molecular weight excluding hydrogens is 459 g/mol. The number of rotatable bonds is 10. The number of nitrogens with zero attached hydrogens (tertiary/aromatic N) is 3. The van der Waals surface area contributed by atoms with Crippen LogP contribution in [0.15, 0.2) is 47.6 Å². The summed E-state index contributed by atoms with van der Waals surface area (Å²) in [5.74, 6) is 0.802. The van der Waals surface area contributed by atoms with E-state index in [0.717, 1.165) is 23.2 Å². The van der Waals surface area contributed by atoms with Crippen molar-refractivity contribution in [3.05, 3.63) is 70.3 Å². The molecule has 2 aromatic carbocycles. The Hall–Kier alpha value is -1.94. The minimum atomic E-state index is -3.41. The Morgan fingerprint density at radius 2 is 1.90 bits per heavy atom. The number of hydrogen-bond acceptors (Lipinski definition) is 5. The molecule has 0 saturated carbocycles. The number of nitrogens with one attached hydrogen (secondary N) is 1. The molecule has 0 bridgehead atoms. The van der Waals surface area contributed by atoms with Crippen LogP contribution in [0.3, 0.4) is 0 Å². The van der Waals surface area contributed by atoms with Gasteiger partial charge in [0.1, 0.15) is 5.82 Å². The molecule has 1 aromatic heterocycles. The van der Waals surface area contributed by atoms with Gasteiger partial charge in [-0.3, -0.25) is 4.57 Å². The Labute approximate surface area is 191 Å². The van der Waals surface area contributed by atoms with Crippen molar-refractivity contribution >= 4 is 33.4 Å². The topological polar surface area (TPSA) is 76.9 Å². The predicted octanol–water partition coefficient (Wildman–Crippen LogP) is 4.88. The summed E-state index contributed by atoms with van der Waals surface area (Å²) in [5, 5.41) is 9.67. The van der Waals surface area contributed by atoms with Crippen LogP contribution in [0.1, 0.15) is 36.7 Å². The van der Waals surface area contributed by atoms with Crippen molar-refractivity contribution in [3.63, 3.8) is 0 Å². The molecular formula is C21H24ClFN4O2S2. The van der Waals surface area contributed by atoms with Gasteiger partial charge in [-0.1, -0.05) is 54.9 Å². The molecule has 0 radical (unpaired) electrons. The van der Waals surface area contributed by atoms with Crippen LogP contribution in [0.2, 0.25) is 5.02 Å². The van der Waals surface area contributed by atoms with Gasteiger partial charge < -0.3 is 0 Å². The van der Waals surface area contributed by atoms with E-state index in [4.69, 9.17) is 11.6 Å². The molecule has 0 spiro atoms. The molecule has 0 fully saturated rings. The van der Waals surface area contributed by atoms with E-state index in [1.165, 1.54) is 23.9 Å². The average molecular weight is 483 g/mol. The van der Waals surface area contributed by atoms with Crippen molar-refractivity contribution in [1.82, 2.24) is 19.5 Å². The summed E-state index contributed by atoms with van der Waals surface area (Å²) in [7, 11) is -3.41. The molecule has 0 unspecified atom stereocenters. The molecule has 10 heteroatoms. The zero-order valence-electron chi connectivity index (χ0n) is 17.3. The van der Waals surface area contributed by atoms with Gasteiger partial charge in [0.25, 0.3) is 0 Å². The number of halogens is 2. The summed E-state index contributed by atoms with van der Waals surface area (Å²) in [5.41, 5.74) is 2.66. The molecule has 166 valence electrons. The van der Waals surface area contributed by atoms with Crippen LogP contribution in [0.4, 0.5) is 4.39 Å². The summed E-state index contributed by atoms with van der Waals surface area (Å²) in [6.45, 7) is 3.90. The fraction of sp³-hybridized carbons (Fsp3) is 0.333. The molecule has 0 atom stereocenters. The third-order valence-electron chi connectivity index (χ3n) is 4.61. The Kier molecular flexibility index (Phi) is 8.10. The molecule has 0 amide bonds. The number of sulfonamides is 1. The minimum Gasteiger partial charge on any atom is -0.273 e. The van der Waals surface area contributed by atoms with E-state index in [2.05, 4.69) is 14.9 Å². The second kappa shape index (κ2) is 10.6. The molecule has 3 aromatic rings. The Morgan fingerprint density at radius 3 is 2.61 bits per heavy atom. The zero-order valence-corrected chi connectivity index (χ0v) is 19.7. The van der Waals surface area contributed by atoms with Crippen molar-refractivity contribution in [2.24, 2.45) is 0 Å². The van der Waals surface area contributed by atoms with Gasteiger partial charge in [-0.05, 0) is 48.7 Å². The van der Waals surface area contributed by atoms with Crippen LogP contribution in [0.5, 0.6) is 0 Å². The summed E-state index contributed by atoms with van der Waals surface area (Å²) < 4.78 is 42.1. The standard InChI is InChI=1S/C21H24ClFN4O2S2/c1-3-4-11-31(28,29)24-13-20-25-26-21(30-14-16-6-9-18(23)10-7-16)27(20)19-12-17(22)8-5-15(19)2/h5-10,12,24H,3-4,11,13-14H2,1-2H3. The second-order valence-corrected chi connectivity index (χ2v) is 10.4. The maximum absolute atomic E-state index is 13.2. The van der Waals surface area contributed by atoms with Gasteiger partial charge >= 0.3 is 0 Å². The maximum Gasteiger partial charge on any atom is 0.212 e. The zero-order chi connectivity index (χ0) is 22.4. The molecule has 0 aliphatic rings. The third-order valence-corrected chi connectivity index (χ3v) is 7.26. The average Bonchev–Trinajstić information content (AvgIpc) is 3.15. The van der Waals surface area contributed by atoms with Gasteiger partial charge in [-0.2, -0.15) is 0 Å². The second-order valence-electron chi connectivity index (χ2n) is 7.07. The van der Waals surface area contributed by atoms with Crippen LogP contribution in [-0.4, -0.2) is 28.9 Å². The highest BCUT2D eigenvalue weighted by Gasteiger charge is 2.19. The number of thioether (sulfide) groups is 1. The lowest BCUT2D eigenvalue weighted by atomic mass is 10.2. The Bertz CT molecular complexity index is 1130. The number of unbranched alkanes of at least 4 members (excludes halogenated alkanes) is 1. The van der Waals surface area contributed by atoms with Gasteiger partial charge in [-0.15, -0.1) is 10.2 Å². The van der Waals surface area contributed by atoms with Gasteiger partial charge in [0.2, 0.25) is 10.0 Å². The largest absolute Gasteiger partial charge is 0.273 e. The highest BCUT2D eigenvalue weighted by Crippen LogP contribution is 2.28. The van der Waals surface area contributed by atoms with Crippen molar-refractivity contribution in [2.75, 3.05) is 5.75 Å². The first-order valence-electron chi connectivity index (χ1n) is 9.84. The van der Waals surface area contributed by atoms with Crippen molar-refractivity contribution in [1.29, 1.82) is 0 Å². The van der Waals surface area contributed by atoms with Crippen LogP contribution in [-0.2, 0) is 22.3 Å². The summed E-state index contributed by atoms with van der Waals surface area (Å²) in [4.78, 5) is 0. The van der Waals surface area contributed by atoms with E-state index >= 15 is 0 Å². The van der Waals surface area contributed by atoms with Crippen LogP contribution in [0, 0.1) is 12.7 Å². The summed E-state index contributed by atoms with van der Waals surface area (Å²) in [6.07, 6.45) is 1.39. The first-order valence-corrected chi connectivity index (χ1v) is 12.9. The SMILES string of the molecule is CCCCS(=O)(=O)NCc1nnc(SCc2ccc(F)cc2)n1-c1cc(Cl)ccc1C. The van der Waals surface area contributed by atoms with E-state index in [1.807, 2.05) is 24.5 Å². The first-order chi connectivity index (χ1) is 14.8. The van der Waals surface area contributed by atoms with Crippen LogP contribution < -0.4 is 4.72 Å². The van der Waals surface area contributed by atoms with E-state index in [0.29, 0.717) is 28.2 Å². The number of benzene rings is 2. The van der Waals surface area contributed by atoms with Crippen molar-refractivity contribution in [2.45, 2.75) is 44.1 Å². The quantitative estimate of drug-likeness (QED) is 0.417. The summed E-state index contributed by atoms with van der Waals surface area (Å²) >= 11 is 7.66. The molecule has 1 heterocycles. The van der Waals surface area contributed by atoms with Gasteiger partial charge in [0.15, 0.2) is 11.0 Å². The lowest BCUT2D eigenvalue weighted by Gasteiger charge is -2.14. The molecule has 1 N–H and O–H groups in total. The van der Waals surface area contributed by atoms with Crippen LogP contribution in [0.25, 0.3) is 5.69 Å². The normalized spacial score (nSPS) is 11.7. The van der Waals surface area contributed by atoms with Crippen molar-refractivity contribution < 1.29 is 12.8 Å². The lowest BCUT2D eigenvalue weighted by Crippen LogP contribution is -2.27. The molecule has 3 rings (SSSR count).